The Kier molecular flexibility index (Phi) is 5.45. The molecule has 0 heterocycles. The largest absolute Gasteiger partial charge is 0.497 e. The topological polar surface area (TPSA) is 29.5 Å². The predicted octanol–water partition coefficient (Wildman–Crippen LogP) is 2.87. The van der Waals surface area contributed by atoms with E-state index in [9.17, 15) is 4.79 Å². The molecule has 0 N–H and O–H groups in total. The number of halogens is 1. The number of rotatable bonds is 6. The van der Waals surface area contributed by atoms with E-state index in [4.69, 9.17) is 16.3 Å². The number of methoxy groups -OCH3 is 1. The van der Waals surface area contributed by atoms with Crippen molar-refractivity contribution >= 4 is 17.4 Å². The summed E-state index contributed by atoms with van der Waals surface area (Å²) < 4.78 is 5.09. The Morgan fingerprint density at radius 2 is 2.00 bits per heavy atom. The summed E-state index contributed by atoms with van der Waals surface area (Å²) in [5.74, 6) is 0.676. The van der Waals surface area contributed by atoms with Gasteiger partial charge in [0.1, 0.15) is 5.75 Å². The lowest BCUT2D eigenvalue weighted by Gasteiger charge is -2.17. The van der Waals surface area contributed by atoms with Crippen molar-refractivity contribution in [2.24, 2.45) is 0 Å². The van der Waals surface area contributed by atoms with Crippen molar-refractivity contribution in [3.63, 3.8) is 0 Å². The summed E-state index contributed by atoms with van der Waals surface area (Å²) in [6.07, 6.45) is 0. The Hall–Kier alpha value is -1.06. The molecule has 0 atom stereocenters. The summed E-state index contributed by atoms with van der Waals surface area (Å²) in [6.45, 7) is 6.15. The Bertz CT molecular complexity index is 389. The van der Waals surface area contributed by atoms with Crippen LogP contribution in [-0.4, -0.2) is 37.4 Å². The third-order valence-electron chi connectivity index (χ3n) is 2.74. The zero-order chi connectivity index (χ0) is 12.8. The molecule has 1 rings (SSSR count). The molecule has 3 nitrogen and oxygen atoms in total. The lowest BCUT2D eigenvalue weighted by molar-refractivity contribution is 0.0937. The normalized spacial score (nSPS) is 10.6. The first kappa shape index (κ1) is 14.0. The highest BCUT2D eigenvalue weighted by molar-refractivity contribution is 6.34. The van der Waals surface area contributed by atoms with Gasteiger partial charge in [-0.1, -0.05) is 25.4 Å². The second-order valence-corrected chi connectivity index (χ2v) is 4.14. The van der Waals surface area contributed by atoms with E-state index in [0.717, 1.165) is 13.1 Å². The Balaban J connectivity index is 2.87. The predicted molar refractivity (Wildman–Crippen MR) is 70.1 cm³/mol. The molecule has 0 aliphatic rings. The lowest BCUT2D eigenvalue weighted by atomic mass is 10.1. The summed E-state index contributed by atoms with van der Waals surface area (Å²) in [7, 11) is 1.57. The number of ketones is 1. The van der Waals surface area contributed by atoms with Gasteiger partial charge in [-0.3, -0.25) is 9.69 Å². The molecule has 0 unspecified atom stereocenters. The fourth-order valence-corrected chi connectivity index (χ4v) is 1.80. The lowest BCUT2D eigenvalue weighted by Crippen LogP contribution is -2.29. The molecule has 0 radical (unpaired) electrons. The number of benzene rings is 1. The minimum Gasteiger partial charge on any atom is -0.497 e. The molecule has 0 aliphatic heterocycles. The van der Waals surface area contributed by atoms with E-state index in [-0.39, 0.29) is 5.78 Å². The van der Waals surface area contributed by atoms with Gasteiger partial charge < -0.3 is 4.74 Å². The number of carbonyl (C=O) groups excluding carboxylic acids is 1. The van der Waals surface area contributed by atoms with Gasteiger partial charge in [-0.25, -0.2) is 0 Å². The average molecular weight is 256 g/mol. The van der Waals surface area contributed by atoms with Crippen LogP contribution in [0.2, 0.25) is 5.02 Å². The molecule has 1 aromatic carbocycles. The van der Waals surface area contributed by atoms with Gasteiger partial charge in [0.2, 0.25) is 0 Å². The first-order valence-electron chi connectivity index (χ1n) is 5.71. The standard InChI is InChI=1S/C13H18ClNO2/c1-4-15(5-2)9-13(16)11-8-10(17-3)6-7-12(11)14/h6-8H,4-5,9H2,1-3H3. The van der Waals surface area contributed by atoms with Crippen LogP contribution >= 0.6 is 11.6 Å². The van der Waals surface area contributed by atoms with Crippen LogP contribution in [-0.2, 0) is 0 Å². The maximum absolute atomic E-state index is 12.1. The van der Waals surface area contributed by atoms with Gasteiger partial charge in [0.05, 0.1) is 18.7 Å². The maximum atomic E-state index is 12.1. The fourth-order valence-electron chi connectivity index (χ4n) is 1.58. The van der Waals surface area contributed by atoms with Crippen LogP contribution in [0.5, 0.6) is 5.75 Å². The molecule has 1 aromatic rings. The number of hydrogen-bond donors (Lipinski definition) is 0. The molecule has 0 aliphatic carbocycles. The molecule has 94 valence electrons. The first-order valence-corrected chi connectivity index (χ1v) is 6.09. The van der Waals surface area contributed by atoms with Crippen LogP contribution in [0.15, 0.2) is 18.2 Å². The quantitative estimate of drug-likeness (QED) is 0.732. The van der Waals surface area contributed by atoms with Gasteiger partial charge >= 0.3 is 0 Å². The molecule has 0 spiro atoms. The van der Waals surface area contributed by atoms with E-state index in [1.54, 1.807) is 25.3 Å². The van der Waals surface area contributed by atoms with Gasteiger partial charge in [-0.05, 0) is 31.3 Å². The molecule has 0 aromatic heterocycles. The van der Waals surface area contributed by atoms with Crippen molar-refractivity contribution in [1.29, 1.82) is 0 Å². The highest BCUT2D eigenvalue weighted by Crippen LogP contribution is 2.22. The van der Waals surface area contributed by atoms with Crippen LogP contribution < -0.4 is 4.74 Å². The van der Waals surface area contributed by atoms with Gasteiger partial charge in [0.15, 0.2) is 5.78 Å². The summed E-state index contributed by atoms with van der Waals surface area (Å²) in [5, 5.41) is 0.475. The van der Waals surface area contributed by atoms with E-state index >= 15 is 0 Å². The average Bonchev–Trinajstić information content (AvgIpc) is 2.36. The zero-order valence-corrected chi connectivity index (χ0v) is 11.3. The van der Waals surface area contributed by atoms with Crippen LogP contribution in [0.1, 0.15) is 24.2 Å². The SMILES string of the molecule is CCN(CC)CC(=O)c1cc(OC)ccc1Cl. The number of nitrogens with zero attached hydrogens (tertiary/aromatic N) is 1. The van der Waals surface area contributed by atoms with Crippen LogP contribution in [0.4, 0.5) is 0 Å². The Morgan fingerprint density at radius 1 is 1.35 bits per heavy atom. The monoisotopic (exact) mass is 255 g/mol. The maximum Gasteiger partial charge on any atom is 0.178 e. The van der Waals surface area contributed by atoms with Crippen LogP contribution in [0.25, 0.3) is 0 Å². The van der Waals surface area contributed by atoms with Crippen molar-refractivity contribution in [2.75, 3.05) is 26.7 Å². The van der Waals surface area contributed by atoms with Crippen molar-refractivity contribution in [2.45, 2.75) is 13.8 Å². The zero-order valence-electron chi connectivity index (χ0n) is 10.5. The molecule has 0 fully saturated rings. The second-order valence-electron chi connectivity index (χ2n) is 3.73. The minimum atomic E-state index is 0.0256. The van der Waals surface area contributed by atoms with Gasteiger partial charge in [0.25, 0.3) is 0 Å². The molecule has 0 amide bonds. The summed E-state index contributed by atoms with van der Waals surface area (Å²) in [6, 6.07) is 5.13. The van der Waals surface area contributed by atoms with Crippen LogP contribution in [0.3, 0.4) is 0 Å². The number of carbonyl (C=O) groups is 1. The molecular formula is C13H18ClNO2. The third-order valence-corrected chi connectivity index (χ3v) is 3.07. The number of Topliss-reactive ketones (excluding diaryl/α,β-unsaturated/α-hetero) is 1. The summed E-state index contributed by atoms with van der Waals surface area (Å²) >= 11 is 6.02. The second kappa shape index (κ2) is 6.62. The molecule has 17 heavy (non-hydrogen) atoms. The molecule has 4 heteroatoms. The summed E-state index contributed by atoms with van der Waals surface area (Å²) in [5.41, 5.74) is 0.526. The smallest absolute Gasteiger partial charge is 0.178 e. The molecule has 0 bridgehead atoms. The van der Waals surface area contributed by atoms with Gasteiger partial charge in [-0.15, -0.1) is 0 Å². The van der Waals surface area contributed by atoms with Gasteiger partial charge in [-0.2, -0.15) is 0 Å². The van der Waals surface area contributed by atoms with E-state index in [2.05, 4.69) is 4.90 Å². The van der Waals surface area contributed by atoms with Crippen molar-refractivity contribution in [3.8, 4) is 5.75 Å². The van der Waals surface area contributed by atoms with Crippen LogP contribution in [0, 0.1) is 0 Å². The Morgan fingerprint density at radius 3 is 2.53 bits per heavy atom. The van der Waals surface area contributed by atoms with Crippen molar-refractivity contribution < 1.29 is 9.53 Å². The minimum absolute atomic E-state index is 0.0256. The number of likely N-dealkylation sites (N-methyl/N-ethyl adjacent to an activating group) is 1. The third kappa shape index (κ3) is 3.72. The van der Waals surface area contributed by atoms with Crippen molar-refractivity contribution in [3.05, 3.63) is 28.8 Å². The number of ether oxygens (including phenoxy) is 1. The molecule has 0 saturated heterocycles. The fraction of sp³-hybridized carbons (Fsp3) is 0.462. The van der Waals surface area contributed by atoms with E-state index in [1.807, 2.05) is 13.8 Å². The Labute approximate surface area is 107 Å². The highest BCUT2D eigenvalue weighted by Gasteiger charge is 2.14. The molecule has 0 saturated carbocycles. The van der Waals surface area contributed by atoms with Crippen molar-refractivity contribution in [1.82, 2.24) is 4.90 Å². The van der Waals surface area contributed by atoms with Gasteiger partial charge in [0, 0.05) is 5.56 Å². The highest BCUT2D eigenvalue weighted by atomic mass is 35.5. The van der Waals surface area contributed by atoms with E-state index in [1.165, 1.54) is 0 Å². The summed E-state index contributed by atoms with van der Waals surface area (Å²) in [4.78, 5) is 14.1. The first-order chi connectivity index (χ1) is 8.12. The van der Waals surface area contributed by atoms with E-state index in [0.29, 0.717) is 22.9 Å². The van der Waals surface area contributed by atoms with E-state index < -0.39 is 0 Å². The number of hydrogen-bond acceptors (Lipinski definition) is 3. The molecular weight excluding hydrogens is 238 g/mol.